The van der Waals surface area contributed by atoms with Crippen molar-refractivity contribution in [3.8, 4) is 0 Å². The lowest BCUT2D eigenvalue weighted by molar-refractivity contribution is 0.605. The number of rotatable bonds is 4. The van der Waals surface area contributed by atoms with Gasteiger partial charge in [-0.25, -0.2) is 9.78 Å². The average molecular weight is 389 g/mol. The number of hydrogen-bond donors (Lipinski definition) is 1. The Balaban J connectivity index is 2.23. The van der Waals surface area contributed by atoms with Crippen LogP contribution in [0.4, 0.5) is 0 Å². The first-order chi connectivity index (χ1) is 11.5. The lowest BCUT2D eigenvalue weighted by Crippen LogP contribution is -2.39. The van der Waals surface area contributed by atoms with Gasteiger partial charge in [-0.3, -0.25) is 13.9 Å². The highest BCUT2D eigenvalue weighted by molar-refractivity contribution is 9.10. The minimum Gasteiger partial charge on any atom is -0.332 e. The number of benzene rings is 1. The highest BCUT2D eigenvalue weighted by Crippen LogP contribution is 2.22. The van der Waals surface area contributed by atoms with Crippen molar-refractivity contribution < 1.29 is 0 Å². The van der Waals surface area contributed by atoms with E-state index in [0.29, 0.717) is 35.7 Å². The first-order valence-electron chi connectivity index (χ1n) is 7.66. The summed E-state index contributed by atoms with van der Waals surface area (Å²) in [7, 11) is 0. The molecule has 2 aromatic heterocycles. The average Bonchev–Trinajstić information content (AvgIpc) is 3.01. The van der Waals surface area contributed by atoms with Crippen LogP contribution in [0, 0.1) is 0 Å². The maximum Gasteiger partial charge on any atom is 0.332 e. The summed E-state index contributed by atoms with van der Waals surface area (Å²) in [6.07, 6.45) is 0. The van der Waals surface area contributed by atoms with Crippen molar-refractivity contribution in [3.63, 3.8) is 0 Å². The van der Waals surface area contributed by atoms with Crippen molar-refractivity contribution in [3.05, 3.63) is 67.5 Å². The van der Waals surface area contributed by atoms with Crippen LogP contribution in [0.5, 0.6) is 0 Å². The van der Waals surface area contributed by atoms with Gasteiger partial charge in [-0.15, -0.1) is 0 Å². The highest BCUT2D eigenvalue weighted by atomic mass is 79.9. The number of fused-ring (bicyclic) bond motifs is 1. The first kappa shape index (κ1) is 16.4. The van der Waals surface area contributed by atoms with Gasteiger partial charge in [0.2, 0.25) is 0 Å². The number of nitrogens with one attached hydrogen (secondary N) is 1. The largest absolute Gasteiger partial charge is 0.332 e. The fourth-order valence-corrected chi connectivity index (χ4v) is 2.93. The molecule has 0 aliphatic rings. The van der Waals surface area contributed by atoms with E-state index in [9.17, 15) is 9.59 Å². The molecule has 0 aliphatic carbocycles. The molecule has 3 aromatic rings. The summed E-state index contributed by atoms with van der Waals surface area (Å²) in [4.78, 5) is 32.4. The molecule has 0 unspecified atom stereocenters. The Hall–Kier alpha value is -2.41. The van der Waals surface area contributed by atoms with E-state index < -0.39 is 0 Å². The van der Waals surface area contributed by atoms with E-state index in [1.807, 2.05) is 31.2 Å². The highest BCUT2D eigenvalue weighted by Gasteiger charge is 2.17. The Bertz CT molecular complexity index is 1040. The predicted molar refractivity (Wildman–Crippen MR) is 98.2 cm³/mol. The van der Waals surface area contributed by atoms with Gasteiger partial charge >= 0.3 is 5.69 Å². The van der Waals surface area contributed by atoms with E-state index in [1.165, 1.54) is 9.13 Å². The van der Waals surface area contributed by atoms with E-state index in [-0.39, 0.29) is 11.2 Å². The van der Waals surface area contributed by atoms with E-state index in [0.717, 1.165) is 10.0 Å². The normalized spacial score (nSPS) is 11.1. The van der Waals surface area contributed by atoms with Gasteiger partial charge in [0, 0.05) is 23.1 Å². The zero-order valence-corrected chi connectivity index (χ0v) is 15.1. The molecule has 7 heteroatoms. The topological polar surface area (TPSA) is 72.7 Å². The summed E-state index contributed by atoms with van der Waals surface area (Å²) in [6, 6.07) is 7.65. The van der Waals surface area contributed by atoms with Gasteiger partial charge in [0.1, 0.15) is 11.3 Å². The molecule has 0 bridgehead atoms. The molecule has 3 rings (SSSR count). The fraction of sp³-hybridized carbons (Fsp3) is 0.235. The van der Waals surface area contributed by atoms with Crippen LogP contribution in [0.2, 0.25) is 0 Å². The van der Waals surface area contributed by atoms with Gasteiger partial charge in [0.05, 0.1) is 0 Å². The van der Waals surface area contributed by atoms with Crippen molar-refractivity contribution >= 4 is 32.7 Å². The van der Waals surface area contributed by atoms with E-state index in [4.69, 9.17) is 0 Å². The van der Waals surface area contributed by atoms with Crippen molar-refractivity contribution in [1.82, 2.24) is 19.1 Å². The van der Waals surface area contributed by atoms with Crippen LogP contribution < -0.4 is 11.2 Å². The molecule has 124 valence electrons. The quantitative estimate of drug-likeness (QED) is 0.746. The maximum atomic E-state index is 12.5. The smallest absolute Gasteiger partial charge is 0.332 e. The van der Waals surface area contributed by atoms with E-state index >= 15 is 0 Å². The number of aromatic amines is 1. The summed E-state index contributed by atoms with van der Waals surface area (Å²) in [5.74, 6) is 0.486. The summed E-state index contributed by atoms with van der Waals surface area (Å²) >= 11 is 3.40. The fourth-order valence-electron chi connectivity index (χ4n) is 2.66. The van der Waals surface area contributed by atoms with E-state index in [1.54, 1.807) is 6.92 Å². The molecule has 0 saturated heterocycles. The second-order valence-electron chi connectivity index (χ2n) is 5.35. The van der Waals surface area contributed by atoms with Crippen LogP contribution in [-0.4, -0.2) is 19.1 Å². The molecule has 0 spiro atoms. The monoisotopic (exact) mass is 388 g/mol. The Kier molecular flexibility index (Phi) is 4.28. The van der Waals surface area contributed by atoms with Crippen LogP contribution in [0.1, 0.15) is 25.2 Å². The third kappa shape index (κ3) is 2.54. The van der Waals surface area contributed by atoms with Gasteiger partial charge in [-0.1, -0.05) is 34.6 Å². The lowest BCUT2D eigenvalue weighted by atomic mass is 10.1. The molecule has 0 amide bonds. The zero-order valence-electron chi connectivity index (χ0n) is 13.5. The van der Waals surface area contributed by atoms with Gasteiger partial charge in [0.15, 0.2) is 5.65 Å². The molecule has 0 atom stereocenters. The molecular formula is C17H17BrN4O2. The summed E-state index contributed by atoms with van der Waals surface area (Å²) in [5.41, 5.74) is 1.54. The van der Waals surface area contributed by atoms with Gasteiger partial charge in [-0.05, 0) is 31.5 Å². The number of imidazole rings is 1. The Morgan fingerprint density at radius 1 is 1.17 bits per heavy atom. The molecule has 0 fully saturated rings. The Labute approximate surface area is 146 Å². The molecule has 1 N–H and O–H groups in total. The van der Waals surface area contributed by atoms with Crippen molar-refractivity contribution in [1.29, 1.82) is 0 Å². The van der Waals surface area contributed by atoms with Crippen molar-refractivity contribution in [2.24, 2.45) is 0 Å². The summed E-state index contributed by atoms with van der Waals surface area (Å²) in [6.45, 7) is 8.44. The van der Waals surface area contributed by atoms with Crippen molar-refractivity contribution in [2.45, 2.75) is 26.9 Å². The van der Waals surface area contributed by atoms with Crippen LogP contribution in [0.3, 0.4) is 0 Å². The number of aromatic nitrogens is 4. The number of H-pyrrole nitrogens is 1. The Morgan fingerprint density at radius 3 is 2.38 bits per heavy atom. The van der Waals surface area contributed by atoms with Crippen LogP contribution in [-0.2, 0) is 13.1 Å². The van der Waals surface area contributed by atoms with Crippen LogP contribution in [0.25, 0.3) is 16.7 Å². The SMILES string of the molecule is C=C(c1ccc(Br)cc1)c1nc2c([nH]1)c(=O)n(CC)c(=O)n2CC. The minimum atomic E-state index is -0.357. The number of halogens is 1. The number of aryl methyl sites for hydroxylation is 1. The number of nitrogens with zero attached hydrogens (tertiary/aromatic N) is 3. The third-order valence-electron chi connectivity index (χ3n) is 3.97. The first-order valence-corrected chi connectivity index (χ1v) is 8.45. The molecule has 2 heterocycles. The van der Waals surface area contributed by atoms with Crippen LogP contribution in [0.15, 0.2) is 44.9 Å². The zero-order chi connectivity index (χ0) is 17.4. The Morgan fingerprint density at radius 2 is 1.79 bits per heavy atom. The molecule has 0 saturated carbocycles. The minimum absolute atomic E-state index is 0.315. The lowest BCUT2D eigenvalue weighted by Gasteiger charge is -2.06. The van der Waals surface area contributed by atoms with Crippen LogP contribution >= 0.6 is 15.9 Å². The molecule has 0 radical (unpaired) electrons. The second kappa shape index (κ2) is 6.24. The van der Waals surface area contributed by atoms with Gasteiger partial charge < -0.3 is 4.98 Å². The summed E-state index contributed by atoms with van der Waals surface area (Å²) < 4.78 is 3.67. The molecular weight excluding hydrogens is 372 g/mol. The van der Waals surface area contributed by atoms with Crippen molar-refractivity contribution in [2.75, 3.05) is 0 Å². The maximum absolute atomic E-state index is 12.5. The van der Waals surface area contributed by atoms with Gasteiger partial charge in [0.25, 0.3) is 5.56 Å². The summed E-state index contributed by atoms with van der Waals surface area (Å²) in [5, 5.41) is 0. The molecule has 24 heavy (non-hydrogen) atoms. The van der Waals surface area contributed by atoms with E-state index in [2.05, 4.69) is 32.5 Å². The number of hydrogen-bond acceptors (Lipinski definition) is 3. The third-order valence-corrected chi connectivity index (χ3v) is 4.50. The predicted octanol–water partition coefficient (Wildman–Crippen LogP) is 2.75. The molecule has 1 aromatic carbocycles. The molecule has 0 aliphatic heterocycles. The second-order valence-corrected chi connectivity index (χ2v) is 6.26. The standard InChI is InChI=1S/C17H17BrN4O2/c1-4-21-15-13(16(23)22(5-2)17(21)24)19-14(20-15)10(3)11-6-8-12(18)9-7-11/h6-9H,3-5H2,1-2H3,(H,19,20). The van der Waals surface area contributed by atoms with Gasteiger partial charge in [-0.2, -0.15) is 0 Å². The molecule has 6 nitrogen and oxygen atoms in total.